The Labute approximate surface area is 176 Å². The van der Waals surface area contributed by atoms with Crippen molar-refractivity contribution in [3.05, 3.63) is 34.8 Å². The summed E-state index contributed by atoms with van der Waals surface area (Å²) >= 11 is 2.83. The minimum absolute atomic E-state index is 0.166. The number of nitrogens with one attached hydrogen (secondary N) is 2. The number of amides is 1. The van der Waals surface area contributed by atoms with Crippen LogP contribution in [0.3, 0.4) is 0 Å². The smallest absolute Gasteiger partial charge is 0.232 e. The summed E-state index contributed by atoms with van der Waals surface area (Å²) in [6, 6.07) is 6.11. The van der Waals surface area contributed by atoms with Gasteiger partial charge in [-0.2, -0.15) is 0 Å². The van der Waals surface area contributed by atoms with E-state index >= 15 is 0 Å². The molecule has 0 atom stereocenters. The fourth-order valence-electron chi connectivity index (χ4n) is 2.89. The van der Waals surface area contributed by atoms with Gasteiger partial charge in [-0.05, 0) is 30.7 Å². The van der Waals surface area contributed by atoms with Crippen LogP contribution in [-0.4, -0.2) is 47.5 Å². The molecule has 0 radical (unpaired) electrons. The van der Waals surface area contributed by atoms with Crippen molar-refractivity contribution in [2.45, 2.75) is 19.8 Å². The predicted molar refractivity (Wildman–Crippen MR) is 114 cm³/mol. The highest BCUT2D eigenvalue weighted by Gasteiger charge is 2.15. The topological polar surface area (TPSA) is 98.3 Å². The second kappa shape index (κ2) is 9.29. The number of anilines is 2. The molecule has 0 saturated carbocycles. The van der Waals surface area contributed by atoms with E-state index in [0.29, 0.717) is 30.0 Å². The van der Waals surface area contributed by atoms with Crippen LogP contribution in [0.2, 0.25) is 0 Å². The summed E-state index contributed by atoms with van der Waals surface area (Å²) in [5, 5.41) is 17.8. The van der Waals surface area contributed by atoms with Gasteiger partial charge in [0, 0.05) is 30.5 Å². The van der Waals surface area contributed by atoms with E-state index in [9.17, 15) is 4.79 Å². The number of carbonyl (C=O) groups is 1. The maximum absolute atomic E-state index is 12.3. The summed E-state index contributed by atoms with van der Waals surface area (Å²) < 4.78 is 10.8. The van der Waals surface area contributed by atoms with E-state index in [2.05, 4.69) is 31.9 Å². The SMILES string of the molecule is CCOCCNc1nnc(NC(=O)Cc2csc(-c3ccc4c(c3)CCO4)n2)s1. The fraction of sp³-hybridized carbons (Fsp3) is 0.368. The zero-order valence-electron chi connectivity index (χ0n) is 15.9. The van der Waals surface area contributed by atoms with Crippen LogP contribution in [0.1, 0.15) is 18.2 Å². The van der Waals surface area contributed by atoms with Crippen molar-refractivity contribution in [3.8, 4) is 16.3 Å². The van der Waals surface area contributed by atoms with Crippen molar-refractivity contribution in [1.82, 2.24) is 15.2 Å². The molecule has 152 valence electrons. The summed E-state index contributed by atoms with van der Waals surface area (Å²) in [6.45, 7) is 4.61. The highest BCUT2D eigenvalue weighted by molar-refractivity contribution is 7.19. The first kappa shape index (κ1) is 19.7. The van der Waals surface area contributed by atoms with E-state index in [1.165, 1.54) is 28.2 Å². The summed E-state index contributed by atoms with van der Waals surface area (Å²) in [4.78, 5) is 16.9. The largest absolute Gasteiger partial charge is 0.493 e. The molecular formula is C19H21N5O3S2. The summed E-state index contributed by atoms with van der Waals surface area (Å²) in [5.41, 5.74) is 3.00. The number of thiazole rings is 1. The van der Waals surface area contributed by atoms with E-state index in [1.54, 1.807) is 0 Å². The number of hydrogen-bond donors (Lipinski definition) is 2. The Balaban J connectivity index is 1.31. The molecule has 4 rings (SSSR count). The van der Waals surface area contributed by atoms with E-state index in [4.69, 9.17) is 9.47 Å². The zero-order chi connectivity index (χ0) is 20.1. The molecule has 0 saturated heterocycles. The van der Waals surface area contributed by atoms with Gasteiger partial charge in [-0.1, -0.05) is 11.3 Å². The third kappa shape index (κ3) is 5.08. The zero-order valence-corrected chi connectivity index (χ0v) is 17.6. The van der Waals surface area contributed by atoms with E-state index in [-0.39, 0.29) is 12.3 Å². The molecule has 0 fully saturated rings. The molecule has 1 amide bonds. The van der Waals surface area contributed by atoms with Gasteiger partial charge < -0.3 is 20.1 Å². The first-order valence-corrected chi connectivity index (χ1v) is 11.1. The van der Waals surface area contributed by atoms with Gasteiger partial charge in [-0.25, -0.2) is 4.98 Å². The van der Waals surface area contributed by atoms with Gasteiger partial charge in [0.25, 0.3) is 0 Å². The van der Waals surface area contributed by atoms with E-state index < -0.39 is 0 Å². The molecule has 0 bridgehead atoms. The minimum Gasteiger partial charge on any atom is -0.493 e. The highest BCUT2D eigenvalue weighted by Crippen LogP contribution is 2.32. The van der Waals surface area contributed by atoms with Crippen LogP contribution in [0.15, 0.2) is 23.6 Å². The monoisotopic (exact) mass is 431 g/mol. The van der Waals surface area contributed by atoms with Gasteiger partial charge in [0.2, 0.25) is 16.2 Å². The molecule has 0 aliphatic carbocycles. The quantitative estimate of drug-likeness (QED) is 0.502. The van der Waals surface area contributed by atoms with E-state index in [1.807, 2.05) is 24.4 Å². The number of nitrogens with zero attached hydrogens (tertiary/aromatic N) is 3. The molecule has 3 heterocycles. The third-order valence-corrected chi connectivity index (χ3v) is 5.96. The normalized spacial score (nSPS) is 12.4. The summed E-state index contributed by atoms with van der Waals surface area (Å²) in [5.74, 6) is 0.787. The maximum Gasteiger partial charge on any atom is 0.232 e. The van der Waals surface area contributed by atoms with Crippen molar-refractivity contribution < 1.29 is 14.3 Å². The number of benzene rings is 1. The molecule has 2 aromatic heterocycles. The lowest BCUT2D eigenvalue weighted by molar-refractivity contribution is -0.115. The fourth-order valence-corrected chi connectivity index (χ4v) is 4.39. The van der Waals surface area contributed by atoms with Crippen molar-refractivity contribution in [3.63, 3.8) is 0 Å². The van der Waals surface area contributed by atoms with Crippen LogP contribution >= 0.6 is 22.7 Å². The Morgan fingerprint density at radius 1 is 1.31 bits per heavy atom. The molecule has 1 aliphatic heterocycles. The Kier molecular flexibility index (Phi) is 6.33. The standard InChI is InChI=1S/C19H21N5O3S2/c1-2-26-8-6-20-18-23-24-19(29-18)22-16(25)10-14-11-28-17(21-14)13-3-4-15-12(9-13)5-7-27-15/h3-4,9,11H,2,5-8,10H2,1H3,(H,20,23)(H,22,24,25). The molecule has 2 N–H and O–H groups in total. The predicted octanol–water partition coefficient (Wildman–Crippen LogP) is 3.23. The number of rotatable bonds is 9. The summed E-state index contributed by atoms with van der Waals surface area (Å²) in [7, 11) is 0. The first-order valence-electron chi connectivity index (χ1n) is 9.36. The molecule has 3 aromatic rings. The molecule has 1 aliphatic rings. The lowest BCUT2D eigenvalue weighted by Crippen LogP contribution is -2.14. The van der Waals surface area contributed by atoms with Gasteiger partial charge in [0.1, 0.15) is 10.8 Å². The van der Waals surface area contributed by atoms with Crippen molar-refractivity contribution >= 4 is 38.8 Å². The van der Waals surface area contributed by atoms with Crippen LogP contribution in [0.5, 0.6) is 5.75 Å². The average molecular weight is 432 g/mol. The van der Waals surface area contributed by atoms with Gasteiger partial charge in [0.15, 0.2) is 0 Å². The molecule has 1 aromatic carbocycles. The van der Waals surface area contributed by atoms with Crippen molar-refractivity contribution in [2.24, 2.45) is 0 Å². The van der Waals surface area contributed by atoms with Crippen molar-refractivity contribution in [2.75, 3.05) is 37.0 Å². The highest BCUT2D eigenvalue weighted by atomic mass is 32.1. The maximum atomic E-state index is 12.3. The lowest BCUT2D eigenvalue weighted by atomic mass is 10.1. The molecule has 29 heavy (non-hydrogen) atoms. The molecule has 0 spiro atoms. The molecule has 0 unspecified atom stereocenters. The van der Waals surface area contributed by atoms with Crippen LogP contribution in [0, 0.1) is 0 Å². The Morgan fingerprint density at radius 3 is 3.10 bits per heavy atom. The second-order valence-electron chi connectivity index (χ2n) is 6.33. The number of ether oxygens (including phenoxy) is 2. The molecule has 10 heteroatoms. The van der Waals surface area contributed by atoms with Gasteiger partial charge in [-0.3, -0.25) is 4.79 Å². The van der Waals surface area contributed by atoms with Crippen LogP contribution in [0.25, 0.3) is 10.6 Å². The summed E-state index contributed by atoms with van der Waals surface area (Å²) in [6.07, 6.45) is 1.12. The van der Waals surface area contributed by atoms with Gasteiger partial charge in [0.05, 0.1) is 25.3 Å². The molecule has 8 nitrogen and oxygen atoms in total. The first-order chi connectivity index (χ1) is 14.2. The second-order valence-corrected chi connectivity index (χ2v) is 8.16. The van der Waals surface area contributed by atoms with Gasteiger partial charge in [-0.15, -0.1) is 21.5 Å². The number of fused-ring (bicyclic) bond motifs is 1. The van der Waals surface area contributed by atoms with Crippen LogP contribution in [-0.2, 0) is 22.4 Å². The van der Waals surface area contributed by atoms with Crippen LogP contribution < -0.4 is 15.4 Å². The Hall–Kier alpha value is -2.56. The number of aromatic nitrogens is 3. The van der Waals surface area contributed by atoms with E-state index in [0.717, 1.165) is 35.0 Å². The Morgan fingerprint density at radius 2 is 2.21 bits per heavy atom. The van der Waals surface area contributed by atoms with Crippen molar-refractivity contribution in [1.29, 1.82) is 0 Å². The molecular weight excluding hydrogens is 410 g/mol. The lowest BCUT2D eigenvalue weighted by Gasteiger charge is -2.01. The Bertz CT molecular complexity index is 988. The third-order valence-electron chi connectivity index (χ3n) is 4.23. The minimum atomic E-state index is -0.166. The van der Waals surface area contributed by atoms with Crippen LogP contribution in [0.4, 0.5) is 10.3 Å². The number of hydrogen-bond acceptors (Lipinski definition) is 9. The van der Waals surface area contributed by atoms with Gasteiger partial charge >= 0.3 is 0 Å². The number of carbonyl (C=O) groups excluding carboxylic acids is 1. The average Bonchev–Trinajstić information content (AvgIpc) is 3.45.